The molecule has 0 bridgehead atoms. The van der Waals surface area contributed by atoms with Crippen LogP contribution in [0.4, 0.5) is 5.69 Å². The first-order valence-corrected chi connectivity index (χ1v) is 8.76. The monoisotopic (exact) mass is 322 g/mol. The summed E-state index contributed by atoms with van der Waals surface area (Å²) in [5.41, 5.74) is 5.67. The molecule has 1 heterocycles. The van der Waals surface area contributed by atoms with Crippen LogP contribution in [0.3, 0.4) is 0 Å². The van der Waals surface area contributed by atoms with E-state index in [1.165, 1.54) is 24.3 Å². The fraction of sp³-hybridized carbons (Fsp3) is 0.200. The first-order chi connectivity index (χ1) is 8.70. The summed E-state index contributed by atoms with van der Waals surface area (Å²) in [6.45, 7) is 0. The number of anilines is 1. The molecular weight excluding hydrogens is 312 g/mol. The molecule has 19 heavy (non-hydrogen) atoms. The summed E-state index contributed by atoms with van der Waals surface area (Å²) >= 11 is 5.71. The predicted molar refractivity (Wildman–Crippen MR) is 72.9 cm³/mol. The third-order valence-corrected chi connectivity index (χ3v) is 5.74. The van der Waals surface area contributed by atoms with E-state index in [0.29, 0.717) is 0 Å². The molecule has 1 aliphatic heterocycles. The molecule has 1 atom stereocenters. The van der Waals surface area contributed by atoms with Crippen LogP contribution in [0.15, 0.2) is 34.6 Å². The number of sulfone groups is 1. The lowest BCUT2D eigenvalue weighted by atomic mass is 10.3. The molecule has 1 aromatic rings. The number of nitrogen functional groups attached to an aromatic ring is 1. The lowest BCUT2D eigenvalue weighted by Gasteiger charge is -2.11. The first-order valence-electron chi connectivity index (χ1n) is 5.18. The summed E-state index contributed by atoms with van der Waals surface area (Å²) in [5, 5.41) is 1.25. The molecule has 1 aliphatic rings. The Bertz CT molecular complexity index is 741. The normalized spacial score (nSPS) is 21.6. The van der Waals surface area contributed by atoms with E-state index in [1.807, 2.05) is 0 Å². The van der Waals surface area contributed by atoms with Crippen LogP contribution < -0.4 is 10.5 Å². The fourth-order valence-electron chi connectivity index (χ4n) is 1.61. The summed E-state index contributed by atoms with van der Waals surface area (Å²) in [7, 11) is -7.16. The van der Waals surface area contributed by atoms with Gasteiger partial charge in [-0.2, -0.15) is 0 Å². The van der Waals surface area contributed by atoms with E-state index in [1.54, 1.807) is 0 Å². The molecule has 0 aromatic heterocycles. The summed E-state index contributed by atoms with van der Waals surface area (Å²) in [6, 6.07) is 3.12. The van der Waals surface area contributed by atoms with E-state index in [-0.39, 0.29) is 21.4 Å². The maximum absolute atomic E-state index is 12.0. The number of hydrogen-bond donors (Lipinski definition) is 2. The third-order valence-electron chi connectivity index (χ3n) is 2.51. The molecule has 2 rings (SSSR count). The van der Waals surface area contributed by atoms with Gasteiger partial charge in [-0.15, -0.1) is 0 Å². The summed E-state index contributed by atoms with van der Waals surface area (Å²) in [4.78, 5) is -0.0629. The number of rotatable bonds is 3. The minimum Gasteiger partial charge on any atom is -0.397 e. The maximum atomic E-state index is 12.0. The molecule has 1 aromatic carbocycles. The number of hydrogen-bond acceptors (Lipinski definition) is 5. The maximum Gasteiger partial charge on any atom is 0.241 e. The van der Waals surface area contributed by atoms with E-state index in [2.05, 4.69) is 4.72 Å². The van der Waals surface area contributed by atoms with Crippen LogP contribution in [0.1, 0.15) is 0 Å². The molecule has 0 spiro atoms. The lowest BCUT2D eigenvalue weighted by Crippen LogP contribution is -2.35. The highest BCUT2D eigenvalue weighted by atomic mass is 35.5. The zero-order valence-corrected chi connectivity index (χ0v) is 12.0. The van der Waals surface area contributed by atoms with Crippen molar-refractivity contribution in [2.75, 3.05) is 11.5 Å². The van der Waals surface area contributed by atoms with Crippen molar-refractivity contribution in [2.24, 2.45) is 0 Å². The Hall–Kier alpha value is -1.09. The predicted octanol–water partition coefficient (Wildman–Crippen LogP) is 0.511. The molecule has 0 saturated heterocycles. The summed E-state index contributed by atoms with van der Waals surface area (Å²) < 4.78 is 48.7. The van der Waals surface area contributed by atoms with E-state index in [4.69, 9.17) is 17.3 Å². The molecule has 0 amide bonds. The minimum atomic E-state index is -3.84. The van der Waals surface area contributed by atoms with Crippen LogP contribution in [0, 0.1) is 0 Å². The number of nitrogens with one attached hydrogen (secondary N) is 1. The second kappa shape index (κ2) is 4.78. The quantitative estimate of drug-likeness (QED) is 0.789. The SMILES string of the molecule is Nc1cc(S(=O)(=O)NC2C=CS(=O)(=O)C2)ccc1Cl. The van der Waals surface area contributed by atoms with E-state index >= 15 is 0 Å². The third kappa shape index (κ3) is 3.27. The van der Waals surface area contributed by atoms with E-state index < -0.39 is 25.9 Å². The van der Waals surface area contributed by atoms with Crippen LogP contribution in [-0.2, 0) is 19.9 Å². The minimum absolute atomic E-state index is 0.0629. The fourth-order valence-corrected chi connectivity index (χ4v) is 4.29. The van der Waals surface area contributed by atoms with Crippen molar-refractivity contribution in [3.8, 4) is 0 Å². The van der Waals surface area contributed by atoms with Crippen LogP contribution in [0.25, 0.3) is 0 Å². The number of sulfonamides is 1. The Morgan fingerprint density at radius 1 is 1.37 bits per heavy atom. The van der Waals surface area contributed by atoms with Crippen molar-refractivity contribution < 1.29 is 16.8 Å². The molecular formula is C10H11ClN2O4S2. The van der Waals surface area contributed by atoms with Crippen LogP contribution in [0.5, 0.6) is 0 Å². The average Bonchev–Trinajstić information content (AvgIpc) is 2.61. The largest absolute Gasteiger partial charge is 0.397 e. The second-order valence-corrected chi connectivity index (χ2v) is 8.12. The molecule has 9 heteroatoms. The number of nitrogens with two attached hydrogens (primary N) is 1. The van der Waals surface area contributed by atoms with Crippen molar-refractivity contribution in [1.29, 1.82) is 0 Å². The molecule has 0 saturated carbocycles. The topological polar surface area (TPSA) is 106 Å². The highest BCUT2D eigenvalue weighted by Gasteiger charge is 2.26. The Morgan fingerprint density at radius 2 is 2.05 bits per heavy atom. The van der Waals surface area contributed by atoms with E-state index in [9.17, 15) is 16.8 Å². The van der Waals surface area contributed by atoms with Crippen LogP contribution in [-0.4, -0.2) is 28.6 Å². The number of benzene rings is 1. The Kier molecular flexibility index (Phi) is 3.61. The molecule has 0 fully saturated rings. The van der Waals surface area contributed by atoms with Gasteiger partial charge in [-0.1, -0.05) is 17.7 Å². The van der Waals surface area contributed by atoms with Crippen molar-refractivity contribution in [1.82, 2.24) is 4.72 Å². The molecule has 3 N–H and O–H groups in total. The van der Waals surface area contributed by atoms with Crippen molar-refractivity contribution >= 4 is 37.1 Å². The van der Waals surface area contributed by atoms with E-state index in [0.717, 1.165) is 5.41 Å². The second-order valence-electron chi connectivity index (χ2n) is 4.07. The van der Waals surface area contributed by atoms with Gasteiger partial charge >= 0.3 is 0 Å². The van der Waals surface area contributed by atoms with Gasteiger partial charge in [-0.05, 0) is 18.2 Å². The van der Waals surface area contributed by atoms with Gasteiger partial charge in [-0.3, -0.25) is 0 Å². The highest BCUT2D eigenvalue weighted by Crippen LogP contribution is 2.22. The molecule has 104 valence electrons. The zero-order valence-electron chi connectivity index (χ0n) is 9.58. The van der Waals surface area contributed by atoms with Crippen molar-refractivity contribution in [3.05, 3.63) is 34.7 Å². The molecule has 0 radical (unpaired) electrons. The smallest absolute Gasteiger partial charge is 0.241 e. The molecule has 1 unspecified atom stereocenters. The van der Waals surface area contributed by atoms with Gasteiger partial charge in [0, 0.05) is 5.41 Å². The van der Waals surface area contributed by atoms with Gasteiger partial charge in [-0.25, -0.2) is 21.6 Å². The Labute approximate surface area is 116 Å². The van der Waals surface area contributed by atoms with Crippen molar-refractivity contribution in [2.45, 2.75) is 10.9 Å². The van der Waals surface area contributed by atoms with Gasteiger partial charge in [0.25, 0.3) is 0 Å². The standard InChI is InChI=1S/C10H11ClN2O4S2/c11-9-2-1-8(5-10(9)12)19(16,17)13-7-3-4-18(14,15)6-7/h1-5,7,13H,6,12H2. The highest BCUT2D eigenvalue weighted by molar-refractivity contribution is 7.94. The van der Waals surface area contributed by atoms with Gasteiger partial charge in [0.15, 0.2) is 9.84 Å². The average molecular weight is 323 g/mol. The molecule has 6 nitrogen and oxygen atoms in total. The summed E-state index contributed by atoms with van der Waals surface area (Å²) in [5.74, 6) is -0.282. The Morgan fingerprint density at radius 3 is 2.58 bits per heavy atom. The lowest BCUT2D eigenvalue weighted by molar-refractivity contribution is 0.575. The molecule has 0 aliphatic carbocycles. The van der Waals surface area contributed by atoms with Crippen LogP contribution >= 0.6 is 11.6 Å². The van der Waals surface area contributed by atoms with Crippen LogP contribution in [0.2, 0.25) is 5.02 Å². The van der Waals surface area contributed by atoms with Crippen molar-refractivity contribution in [3.63, 3.8) is 0 Å². The first kappa shape index (κ1) is 14.3. The van der Waals surface area contributed by atoms with Gasteiger partial charge in [0.05, 0.1) is 27.4 Å². The van der Waals surface area contributed by atoms with Gasteiger partial charge in [0.1, 0.15) is 0 Å². The zero-order chi connectivity index (χ0) is 14.3. The Balaban J connectivity index is 2.24. The van der Waals surface area contributed by atoms with Gasteiger partial charge < -0.3 is 5.73 Å². The number of halogens is 1. The van der Waals surface area contributed by atoms with Gasteiger partial charge in [0.2, 0.25) is 10.0 Å². The summed E-state index contributed by atoms with van der Waals surface area (Å²) in [6.07, 6.45) is 1.30.